The smallest absolute Gasteiger partial charge is 0.233 e. The quantitative estimate of drug-likeness (QED) is 0.711. The third-order valence-electron chi connectivity index (χ3n) is 1.90. The van der Waals surface area contributed by atoms with Crippen LogP contribution in [-0.2, 0) is 16.1 Å². The van der Waals surface area contributed by atoms with Gasteiger partial charge in [-0.2, -0.15) is 0 Å². The number of benzene rings is 1. The van der Waals surface area contributed by atoms with Crippen molar-refractivity contribution in [3.05, 3.63) is 28.2 Å². The molecule has 5 N–H and O–H groups in total. The summed E-state index contributed by atoms with van der Waals surface area (Å²) in [6.07, 6.45) is -0.333. The van der Waals surface area contributed by atoms with E-state index in [2.05, 4.69) is 21.2 Å². The summed E-state index contributed by atoms with van der Waals surface area (Å²) in [7, 11) is 0. The molecule has 0 bridgehead atoms. The van der Waals surface area contributed by atoms with Crippen LogP contribution in [0.3, 0.4) is 0 Å². The monoisotopic (exact) mass is 285 g/mol. The molecule has 86 valence electrons. The van der Waals surface area contributed by atoms with Gasteiger partial charge in [0.1, 0.15) is 6.42 Å². The van der Waals surface area contributed by atoms with Gasteiger partial charge in [0.25, 0.3) is 0 Å². The largest absolute Gasteiger partial charge is 0.369 e. The molecule has 0 fully saturated rings. The number of amides is 2. The average Bonchev–Trinajstić information content (AvgIpc) is 2.19. The Hall–Kier alpha value is -1.40. The van der Waals surface area contributed by atoms with E-state index in [0.29, 0.717) is 12.2 Å². The van der Waals surface area contributed by atoms with Crippen molar-refractivity contribution in [1.29, 1.82) is 0 Å². The van der Waals surface area contributed by atoms with Gasteiger partial charge in [-0.3, -0.25) is 9.59 Å². The van der Waals surface area contributed by atoms with Gasteiger partial charge in [0.05, 0.1) is 0 Å². The Balaban J connectivity index is 2.80. The zero-order valence-corrected chi connectivity index (χ0v) is 10.1. The Morgan fingerprint density at radius 3 is 2.62 bits per heavy atom. The lowest BCUT2D eigenvalue weighted by molar-refractivity contribution is -0.124. The molecule has 0 aromatic heterocycles. The van der Waals surface area contributed by atoms with Gasteiger partial charge in [-0.05, 0) is 23.8 Å². The fourth-order valence-corrected chi connectivity index (χ4v) is 1.61. The second kappa shape index (κ2) is 5.62. The summed E-state index contributed by atoms with van der Waals surface area (Å²) in [4.78, 5) is 21.8. The number of primary amides is 1. The molecule has 0 atom stereocenters. The number of hydrogen-bond donors (Lipinski definition) is 3. The first-order valence-corrected chi connectivity index (χ1v) is 5.39. The molecule has 0 spiro atoms. The van der Waals surface area contributed by atoms with Crippen molar-refractivity contribution in [2.75, 3.05) is 5.32 Å². The molecule has 5 nitrogen and oxygen atoms in total. The number of rotatable bonds is 4. The number of carbonyl (C=O) groups excluding carboxylic acids is 2. The second-order valence-electron chi connectivity index (χ2n) is 3.20. The van der Waals surface area contributed by atoms with Gasteiger partial charge in [-0.15, -0.1) is 0 Å². The van der Waals surface area contributed by atoms with Crippen molar-refractivity contribution < 1.29 is 9.59 Å². The first kappa shape index (κ1) is 12.7. The molecule has 0 heterocycles. The molecule has 1 aromatic rings. The molecule has 0 unspecified atom stereocenters. The van der Waals surface area contributed by atoms with Crippen molar-refractivity contribution in [3.8, 4) is 0 Å². The van der Waals surface area contributed by atoms with Crippen LogP contribution < -0.4 is 16.8 Å². The van der Waals surface area contributed by atoms with Crippen LogP contribution in [0.15, 0.2) is 22.7 Å². The fourth-order valence-electron chi connectivity index (χ4n) is 1.21. The summed E-state index contributed by atoms with van der Waals surface area (Å²) in [5.74, 6) is -1.10. The van der Waals surface area contributed by atoms with Gasteiger partial charge < -0.3 is 16.8 Å². The predicted molar refractivity (Wildman–Crippen MR) is 64.5 cm³/mol. The van der Waals surface area contributed by atoms with Crippen LogP contribution in [0.2, 0.25) is 0 Å². The average molecular weight is 286 g/mol. The van der Waals surface area contributed by atoms with E-state index < -0.39 is 11.8 Å². The molecule has 0 saturated heterocycles. The van der Waals surface area contributed by atoms with Crippen molar-refractivity contribution in [3.63, 3.8) is 0 Å². The SMILES string of the molecule is NCc1cc(Br)ccc1NC(=O)CC(N)=O. The molecule has 0 aliphatic carbocycles. The van der Waals surface area contributed by atoms with E-state index in [0.717, 1.165) is 10.0 Å². The van der Waals surface area contributed by atoms with Gasteiger partial charge in [0.15, 0.2) is 0 Å². The summed E-state index contributed by atoms with van der Waals surface area (Å²) < 4.78 is 0.876. The van der Waals surface area contributed by atoms with E-state index in [1.54, 1.807) is 18.2 Å². The van der Waals surface area contributed by atoms with Gasteiger partial charge in [0, 0.05) is 16.7 Å². The minimum atomic E-state index is -0.663. The molecule has 1 aromatic carbocycles. The third kappa shape index (κ3) is 3.63. The standard InChI is InChI=1S/C10H12BrN3O2/c11-7-1-2-8(6(3-7)5-12)14-10(16)4-9(13)15/h1-3H,4-5,12H2,(H2,13,15)(H,14,16). The van der Waals surface area contributed by atoms with E-state index in [-0.39, 0.29) is 6.42 Å². The van der Waals surface area contributed by atoms with Crippen LogP contribution in [0.1, 0.15) is 12.0 Å². The summed E-state index contributed by atoms with van der Waals surface area (Å²) in [6, 6.07) is 5.30. The Labute approximate surface area is 101 Å². The Bertz CT molecular complexity index is 421. The number of hydrogen-bond acceptors (Lipinski definition) is 3. The van der Waals surface area contributed by atoms with E-state index in [4.69, 9.17) is 11.5 Å². The minimum absolute atomic E-state index is 0.297. The first-order valence-electron chi connectivity index (χ1n) is 4.59. The number of carbonyl (C=O) groups is 2. The molecule has 1 rings (SSSR count). The van der Waals surface area contributed by atoms with Crippen LogP contribution >= 0.6 is 15.9 Å². The first-order chi connectivity index (χ1) is 7.52. The molecule has 0 aliphatic heterocycles. The van der Waals surface area contributed by atoms with Gasteiger partial charge in [0.2, 0.25) is 11.8 Å². The molecule has 2 amide bonds. The maximum absolute atomic E-state index is 11.3. The van der Waals surface area contributed by atoms with Gasteiger partial charge >= 0.3 is 0 Å². The maximum atomic E-state index is 11.3. The summed E-state index contributed by atoms with van der Waals surface area (Å²) in [5.41, 5.74) is 11.8. The molecule has 6 heteroatoms. The normalized spacial score (nSPS) is 9.88. The Morgan fingerprint density at radius 1 is 1.38 bits per heavy atom. The Kier molecular flexibility index (Phi) is 4.45. The number of halogens is 1. The van der Waals surface area contributed by atoms with Crippen molar-refractivity contribution >= 4 is 33.4 Å². The van der Waals surface area contributed by atoms with Crippen LogP contribution in [0.25, 0.3) is 0 Å². The van der Waals surface area contributed by atoms with Crippen LogP contribution in [0.4, 0.5) is 5.69 Å². The van der Waals surface area contributed by atoms with Crippen molar-refractivity contribution in [2.45, 2.75) is 13.0 Å². The number of nitrogens with two attached hydrogens (primary N) is 2. The minimum Gasteiger partial charge on any atom is -0.369 e. The summed E-state index contributed by atoms with van der Waals surface area (Å²) in [6.45, 7) is 0.297. The lowest BCUT2D eigenvalue weighted by Gasteiger charge is -2.09. The zero-order valence-electron chi connectivity index (χ0n) is 8.50. The molecule has 0 radical (unpaired) electrons. The highest BCUT2D eigenvalue weighted by Gasteiger charge is 2.08. The topological polar surface area (TPSA) is 98.2 Å². The lowest BCUT2D eigenvalue weighted by Crippen LogP contribution is -2.22. The zero-order chi connectivity index (χ0) is 12.1. The van der Waals surface area contributed by atoms with E-state index in [1.807, 2.05) is 0 Å². The molecule has 0 saturated carbocycles. The third-order valence-corrected chi connectivity index (χ3v) is 2.39. The fraction of sp³-hybridized carbons (Fsp3) is 0.200. The molecular weight excluding hydrogens is 274 g/mol. The number of nitrogens with one attached hydrogen (secondary N) is 1. The predicted octanol–water partition coefficient (Wildman–Crippen LogP) is 0.722. The second-order valence-corrected chi connectivity index (χ2v) is 4.11. The van der Waals surface area contributed by atoms with Crippen LogP contribution in [0, 0.1) is 0 Å². The van der Waals surface area contributed by atoms with Crippen LogP contribution in [-0.4, -0.2) is 11.8 Å². The van der Waals surface area contributed by atoms with Crippen LogP contribution in [0.5, 0.6) is 0 Å². The van der Waals surface area contributed by atoms with E-state index in [9.17, 15) is 9.59 Å². The molecule has 0 aliphatic rings. The molecular formula is C10H12BrN3O2. The van der Waals surface area contributed by atoms with Crippen molar-refractivity contribution in [1.82, 2.24) is 0 Å². The Morgan fingerprint density at radius 2 is 2.06 bits per heavy atom. The summed E-state index contributed by atoms with van der Waals surface area (Å²) >= 11 is 3.30. The van der Waals surface area contributed by atoms with E-state index >= 15 is 0 Å². The van der Waals surface area contributed by atoms with Gasteiger partial charge in [-0.1, -0.05) is 15.9 Å². The van der Waals surface area contributed by atoms with Crippen molar-refractivity contribution in [2.24, 2.45) is 11.5 Å². The lowest BCUT2D eigenvalue weighted by atomic mass is 10.1. The summed E-state index contributed by atoms with van der Waals surface area (Å²) in [5, 5.41) is 2.58. The highest BCUT2D eigenvalue weighted by molar-refractivity contribution is 9.10. The van der Waals surface area contributed by atoms with Gasteiger partial charge in [-0.25, -0.2) is 0 Å². The number of anilines is 1. The van der Waals surface area contributed by atoms with E-state index in [1.165, 1.54) is 0 Å². The highest BCUT2D eigenvalue weighted by atomic mass is 79.9. The maximum Gasteiger partial charge on any atom is 0.233 e. The highest BCUT2D eigenvalue weighted by Crippen LogP contribution is 2.20. The molecule has 16 heavy (non-hydrogen) atoms.